The van der Waals surface area contributed by atoms with Gasteiger partial charge < -0.3 is 4.90 Å². The van der Waals surface area contributed by atoms with Crippen molar-refractivity contribution >= 4 is 11.7 Å². The third-order valence-corrected chi connectivity index (χ3v) is 2.86. The van der Waals surface area contributed by atoms with Crippen LogP contribution in [0.4, 0.5) is 0 Å². The summed E-state index contributed by atoms with van der Waals surface area (Å²) >= 11 is 0. The lowest BCUT2D eigenvalue weighted by molar-refractivity contribution is -0.127. The summed E-state index contributed by atoms with van der Waals surface area (Å²) in [4.78, 5) is 24.8. The summed E-state index contributed by atoms with van der Waals surface area (Å²) in [6, 6.07) is 0. The first kappa shape index (κ1) is 12.9. The molecule has 0 saturated carbocycles. The average molecular weight is 223 g/mol. The van der Waals surface area contributed by atoms with Crippen molar-refractivity contribution in [1.29, 1.82) is 0 Å². The Morgan fingerprint density at radius 2 is 1.81 bits per heavy atom. The Balaban J connectivity index is 2.31. The van der Waals surface area contributed by atoms with Gasteiger partial charge in [0.25, 0.3) is 0 Å². The highest BCUT2D eigenvalue weighted by atomic mass is 16.2. The number of hydrogen-bond donors (Lipinski definition) is 0. The number of rotatable bonds is 5. The fourth-order valence-electron chi connectivity index (χ4n) is 1.82. The molecule has 1 heterocycles. The third-order valence-electron chi connectivity index (χ3n) is 2.86. The molecule has 0 radical (unpaired) electrons. The molecule has 90 valence electrons. The normalized spacial score (nSPS) is 16.7. The molecule has 1 amide bonds. The highest BCUT2D eigenvalue weighted by molar-refractivity contribution is 5.97. The molecule has 3 heteroatoms. The number of piperidine rings is 1. The van der Waals surface area contributed by atoms with Crippen molar-refractivity contribution in [2.75, 3.05) is 13.1 Å². The molecular weight excluding hydrogens is 202 g/mol. The van der Waals surface area contributed by atoms with E-state index in [-0.39, 0.29) is 11.7 Å². The van der Waals surface area contributed by atoms with Crippen molar-refractivity contribution in [3.8, 4) is 0 Å². The maximum absolute atomic E-state index is 11.7. The Morgan fingerprint density at radius 3 is 2.44 bits per heavy atom. The monoisotopic (exact) mass is 223 g/mol. The summed E-state index contributed by atoms with van der Waals surface area (Å²) in [5.74, 6) is 0.0526. The van der Waals surface area contributed by atoms with E-state index in [4.69, 9.17) is 0 Å². The van der Waals surface area contributed by atoms with Crippen LogP contribution < -0.4 is 0 Å². The minimum atomic E-state index is -0.00968. The largest absolute Gasteiger partial charge is 0.339 e. The minimum Gasteiger partial charge on any atom is -0.339 e. The number of amides is 1. The molecule has 0 aromatic rings. The smallest absolute Gasteiger partial charge is 0.246 e. The highest BCUT2D eigenvalue weighted by Crippen LogP contribution is 2.09. The molecular formula is C13H21NO2. The van der Waals surface area contributed by atoms with E-state index >= 15 is 0 Å². The van der Waals surface area contributed by atoms with Gasteiger partial charge in [-0.05, 0) is 31.8 Å². The van der Waals surface area contributed by atoms with Gasteiger partial charge in [-0.3, -0.25) is 9.59 Å². The van der Waals surface area contributed by atoms with E-state index in [0.29, 0.717) is 6.42 Å². The van der Waals surface area contributed by atoms with Gasteiger partial charge in [0.2, 0.25) is 5.91 Å². The van der Waals surface area contributed by atoms with Crippen LogP contribution in [0, 0.1) is 0 Å². The van der Waals surface area contributed by atoms with Crippen molar-refractivity contribution in [2.24, 2.45) is 0 Å². The number of nitrogens with zero attached hydrogens (tertiary/aromatic N) is 1. The molecule has 0 spiro atoms. The van der Waals surface area contributed by atoms with Crippen molar-refractivity contribution in [2.45, 2.75) is 45.4 Å². The molecule has 1 rings (SSSR count). The maximum atomic E-state index is 11.7. The number of carbonyl (C=O) groups excluding carboxylic acids is 2. The molecule has 1 aliphatic rings. The molecule has 0 aromatic heterocycles. The molecule has 1 aliphatic heterocycles. The lowest BCUT2D eigenvalue weighted by Crippen LogP contribution is -2.34. The fourth-order valence-corrected chi connectivity index (χ4v) is 1.82. The molecule has 0 aromatic carbocycles. The highest BCUT2D eigenvalue weighted by Gasteiger charge is 2.13. The lowest BCUT2D eigenvalue weighted by atomic mass is 10.1. The van der Waals surface area contributed by atoms with E-state index in [1.165, 1.54) is 18.6 Å². The van der Waals surface area contributed by atoms with Crippen LogP contribution in [0.1, 0.15) is 45.4 Å². The second-order valence-electron chi connectivity index (χ2n) is 4.29. The summed E-state index contributed by atoms with van der Waals surface area (Å²) in [5, 5.41) is 0. The van der Waals surface area contributed by atoms with Crippen LogP contribution in [-0.2, 0) is 9.59 Å². The maximum Gasteiger partial charge on any atom is 0.246 e. The molecule has 1 fully saturated rings. The number of allylic oxidation sites excluding steroid dienone is 1. The molecule has 3 nitrogen and oxygen atoms in total. The summed E-state index contributed by atoms with van der Waals surface area (Å²) < 4.78 is 0. The van der Waals surface area contributed by atoms with Crippen molar-refractivity contribution in [1.82, 2.24) is 4.90 Å². The van der Waals surface area contributed by atoms with Gasteiger partial charge in [0.15, 0.2) is 5.78 Å². The van der Waals surface area contributed by atoms with Gasteiger partial charge in [0.05, 0.1) is 0 Å². The number of carbonyl (C=O) groups is 2. The van der Waals surface area contributed by atoms with Crippen LogP contribution in [-0.4, -0.2) is 29.7 Å². The van der Waals surface area contributed by atoms with E-state index in [2.05, 4.69) is 6.92 Å². The van der Waals surface area contributed by atoms with E-state index in [1.807, 2.05) is 4.90 Å². The number of hydrogen-bond acceptors (Lipinski definition) is 2. The molecule has 0 unspecified atom stereocenters. The van der Waals surface area contributed by atoms with Gasteiger partial charge in [0.1, 0.15) is 0 Å². The Bertz CT molecular complexity index is 265. The van der Waals surface area contributed by atoms with Crippen molar-refractivity contribution in [3.05, 3.63) is 12.2 Å². The Kier molecular flexibility index (Phi) is 5.83. The summed E-state index contributed by atoms with van der Waals surface area (Å²) in [7, 11) is 0. The number of unbranched alkanes of at least 4 members (excludes halogenated alkanes) is 1. The van der Waals surface area contributed by atoms with E-state index < -0.39 is 0 Å². The van der Waals surface area contributed by atoms with Crippen LogP contribution in [0.25, 0.3) is 0 Å². The Labute approximate surface area is 97.5 Å². The summed E-state index contributed by atoms with van der Waals surface area (Å²) in [5.41, 5.74) is 0. The summed E-state index contributed by atoms with van der Waals surface area (Å²) in [6.45, 7) is 3.73. The van der Waals surface area contributed by atoms with E-state index in [0.717, 1.165) is 38.8 Å². The fraction of sp³-hybridized carbons (Fsp3) is 0.692. The van der Waals surface area contributed by atoms with Gasteiger partial charge in [0, 0.05) is 25.6 Å². The van der Waals surface area contributed by atoms with Crippen molar-refractivity contribution in [3.63, 3.8) is 0 Å². The standard InChI is InChI=1S/C13H21NO2/c1-2-3-7-12(15)8-9-13(16)14-10-5-4-6-11-14/h8-9H,2-7,10-11H2,1H3/b9-8+. The number of likely N-dealkylation sites (tertiary alicyclic amines) is 1. The molecule has 0 aliphatic carbocycles. The molecule has 16 heavy (non-hydrogen) atoms. The topological polar surface area (TPSA) is 37.4 Å². The van der Waals surface area contributed by atoms with Gasteiger partial charge in [-0.1, -0.05) is 13.3 Å². The zero-order valence-corrected chi connectivity index (χ0v) is 10.1. The minimum absolute atomic E-state index is 0.00968. The number of ketones is 1. The predicted molar refractivity (Wildman–Crippen MR) is 64.1 cm³/mol. The Morgan fingerprint density at radius 1 is 1.12 bits per heavy atom. The first-order chi connectivity index (χ1) is 7.74. The van der Waals surface area contributed by atoms with Gasteiger partial charge in [-0.15, -0.1) is 0 Å². The SMILES string of the molecule is CCCCC(=O)/C=C/C(=O)N1CCCCC1. The second kappa shape index (κ2) is 7.20. The van der Waals surface area contributed by atoms with Gasteiger partial charge >= 0.3 is 0 Å². The predicted octanol–water partition coefficient (Wildman–Crippen LogP) is 2.31. The van der Waals surface area contributed by atoms with Crippen LogP contribution in [0.15, 0.2) is 12.2 Å². The van der Waals surface area contributed by atoms with Crippen molar-refractivity contribution < 1.29 is 9.59 Å². The molecule has 0 N–H and O–H groups in total. The van der Waals surface area contributed by atoms with Crippen LogP contribution in [0.5, 0.6) is 0 Å². The zero-order chi connectivity index (χ0) is 11.8. The first-order valence-electron chi connectivity index (χ1n) is 6.24. The zero-order valence-electron chi connectivity index (χ0n) is 10.1. The van der Waals surface area contributed by atoms with Crippen LogP contribution >= 0.6 is 0 Å². The first-order valence-corrected chi connectivity index (χ1v) is 6.24. The van der Waals surface area contributed by atoms with Gasteiger partial charge in [-0.2, -0.15) is 0 Å². The van der Waals surface area contributed by atoms with E-state index in [1.54, 1.807) is 0 Å². The average Bonchev–Trinajstić information content (AvgIpc) is 2.34. The van der Waals surface area contributed by atoms with Gasteiger partial charge in [-0.25, -0.2) is 0 Å². The second-order valence-corrected chi connectivity index (χ2v) is 4.29. The Hall–Kier alpha value is -1.12. The molecule has 1 saturated heterocycles. The van der Waals surface area contributed by atoms with Crippen LogP contribution in [0.3, 0.4) is 0 Å². The van der Waals surface area contributed by atoms with E-state index in [9.17, 15) is 9.59 Å². The molecule has 0 atom stereocenters. The third kappa shape index (κ3) is 4.60. The van der Waals surface area contributed by atoms with Crippen LogP contribution in [0.2, 0.25) is 0 Å². The summed E-state index contributed by atoms with van der Waals surface area (Å²) in [6.07, 6.45) is 8.73. The quantitative estimate of drug-likeness (QED) is 0.671. The molecule has 0 bridgehead atoms. The lowest BCUT2D eigenvalue weighted by Gasteiger charge is -2.25.